The minimum atomic E-state index is -4.75. The number of rotatable bonds is 6. The quantitative estimate of drug-likeness (QED) is 0.798. The fraction of sp³-hybridized carbons (Fsp3) is 0.400. The Labute approximate surface area is 135 Å². The molecule has 1 fully saturated rings. The molecule has 0 bridgehead atoms. The number of carbonyl (C=O) groups excluding carboxylic acids is 3. The highest BCUT2D eigenvalue weighted by Crippen LogP contribution is 2.22. The zero-order chi connectivity index (χ0) is 17.7. The molecule has 130 valence electrons. The van der Waals surface area contributed by atoms with E-state index in [1.807, 2.05) is 0 Å². The molecule has 1 aromatic carbocycles. The second-order valence-electron chi connectivity index (χ2n) is 5.16. The van der Waals surface area contributed by atoms with Crippen molar-refractivity contribution in [1.82, 2.24) is 10.2 Å². The van der Waals surface area contributed by atoms with Crippen LogP contribution in [0.25, 0.3) is 0 Å². The summed E-state index contributed by atoms with van der Waals surface area (Å²) in [4.78, 5) is 35.5. The van der Waals surface area contributed by atoms with Crippen LogP contribution in [0.3, 0.4) is 0 Å². The molecule has 0 aromatic heterocycles. The molecular formula is C15H15F3N2O4. The maximum atomic E-state index is 12.0. The summed E-state index contributed by atoms with van der Waals surface area (Å²) in [5.74, 6) is -1.28. The van der Waals surface area contributed by atoms with Crippen LogP contribution in [0.15, 0.2) is 24.3 Å². The molecule has 1 aliphatic heterocycles. The minimum Gasteiger partial charge on any atom is -0.406 e. The van der Waals surface area contributed by atoms with Crippen LogP contribution in [0.4, 0.5) is 13.2 Å². The molecule has 3 amide bonds. The zero-order valence-electron chi connectivity index (χ0n) is 12.6. The van der Waals surface area contributed by atoms with Crippen LogP contribution < -0.4 is 10.1 Å². The van der Waals surface area contributed by atoms with Gasteiger partial charge in [0.2, 0.25) is 17.7 Å². The normalized spacial score (nSPS) is 14.9. The molecule has 0 radical (unpaired) electrons. The fourth-order valence-corrected chi connectivity index (χ4v) is 2.18. The lowest BCUT2D eigenvalue weighted by Gasteiger charge is -2.13. The van der Waals surface area contributed by atoms with Crippen LogP contribution >= 0.6 is 0 Å². The molecule has 0 unspecified atom stereocenters. The first-order valence-corrected chi connectivity index (χ1v) is 7.19. The molecule has 9 heteroatoms. The Hall–Kier alpha value is -2.58. The van der Waals surface area contributed by atoms with Crippen LogP contribution in [-0.4, -0.2) is 35.5 Å². The Morgan fingerprint density at radius 2 is 1.71 bits per heavy atom. The molecule has 0 atom stereocenters. The van der Waals surface area contributed by atoms with E-state index in [1.54, 1.807) is 0 Å². The second kappa shape index (κ2) is 7.33. The Morgan fingerprint density at radius 3 is 2.25 bits per heavy atom. The van der Waals surface area contributed by atoms with Gasteiger partial charge in [0.1, 0.15) is 5.75 Å². The van der Waals surface area contributed by atoms with Crippen LogP contribution in [0.5, 0.6) is 5.75 Å². The molecule has 0 aliphatic carbocycles. The third-order valence-corrected chi connectivity index (χ3v) is 3.36. The monoisotopic (exact) mass is 344 g/mol. The van der Waals surface area contributed by atoms with Gasteiger partial charge in [-0.15, -0.1) is 13.2 Å². The summed E-state index contributed by atoms with van der Waals surface area (Å²) in [6.07, 6.45) is -4.42. The first-order valence-electron chi connectivity index (χ1n) is 7.19. The number of halogens is 3. The third-order valence-electron chi connectivity index (χ3n) is 3.36. The molecule has 6 nitrogen and oxygen atoms in total. The van der Waals surface area contributed by atoms with E-state index in [0.29, 0.717) is 5.56 Å². The second-order valence-corrected chi connectivity index (χ2v) is 5.16. The summed E-state index contributed by atoms with van der Waals surface area (Å²) < 4.78 is 39.8. The van der Waals surface area contributed by atoms with Gasteiger partial charge in [-0.1, -0.05) is 12.1 Å². The van der Waals surface area contributed by atoms with E-state index in [0.717, 1.165) is 17.0 Å². The van der Waals surface area contributed by atoms with Crippen LogP contribution in [-0.2, 0) is 20.9 Å². The zero-order valence-corrected chi connectivity index (χ0v) is 12.6. The summed E-state index contributed by atoms with van der Waals surface area (Å²) in [6.45, 7) is 0.148. The molecule has 0 spiro atoms. The Bertz CT molecular complexity index is 613. The van der Waals surface area contributed by atoms with Gasteiger partial charge in [0, 0.05) is 32.4 Å². The van der Waals surface area contributed by atoms with Crippen molar-refractivity contribution in [3.8, 4) is 5.75 Å². The molecule has 1 heterocycles. The fourth-order valence-electron chi connectivity index (χ4n) is 2.18. The van der Waals surface area contributed by atoms with Gasteiger partial charge in [-0.3, -0.25) is 19.3 Å². The Morgan fingerprint density at radius 1 is 1.12 bits per heavy atom. The van der Waals surface area contributed by atoms with Crippen molar-refractivity contribution >= 4 is 17.7 Å². The predicted molar refractivity (Wildman–Crippen MR) is 75.5 cm³/mol. The standard InChI is InChI=1S/C15H15F3N2O4/c16-15(17,18)24-11-3-1-10(2-4-11)9-19-12(21)7-8-20-13(22)5-6-14(20)23/h1-4H,5-9H2,(H,19,21). The average Bonchev–Trinajstić information content (AvgIpc) is 2.82. The lowest BCUT2D eigenvalue weighted by Crippen LogP contribution is -2.34. The van der Waals surface area contributed by atoms with Crippen molar-refractivity contribution in [2.45, 2.75) is 32.2 Å². The molecule has 1 saturated heterocycles. The number of alkyl halides is 3. The van der Waals surface area contributed by atoms with Gasteiger partial charge in [-0.05, 0) is 17.7 Å². The number of hydrogen-bond acceptors (Lipinski definition) is 4. The topological polar surface area (TPSA) is 75.7 Å². The van der Waals surface area contributed by atoms with E-state index < -0.39 is 6.36 Å². The molecule has 0 saturated carbocycles. The van der Waals surface area contributed by atoms with Crippen LogP contribution in [0, 0.1) is 0 Å². The highest BCUT2D eigenvalue weighted by atomic mass is 19.4. The van der Waals surface area contributed by atoms with Crippen molar-refractivity contribution < 1.29 is 32.3 Å². The number of imide groups is 1. The lowest BCUT2D eigenvalue weighted by molar-refractivity contribution is -0.274. The van der Waals surface area contributed by atoms with Gasteiger partial charge in [0.05, 0.1) is 0 Å². The van der Waals surface area contributed by atoms with Crippen LogP contribution in [0.1, 0.15) is 24.8 Å². The first-order chi connectivity index (χ1) is 11.2. The number of hydrogen-bond donors (Lipinski definition) is 1. The molecule has 1 N–H and O–H groups in total. The molecule has 1 aromatic rings. The Kier molecular flexibility index (Phi) is 5.42. The molecule has 24 heavy (non-hydrogen) atoms. The summed E-state index contributed by atoms with van der Waals surface area (Å²) in [7, 11) is 0. The molecule has 1 aliphatic rings. The first kappa shape index (κ1) is 17.8. The number of amides is 3. The smallest absolute Gasteiger partial charge is 0.406 e. The number of likely N-dealkylation sites (tertiary alicyclic amines) is 1. The number of carbonyl (C=O) groups is 3. The van der Waals surface area contributed by atoms with Gasteiger partial charge in [0.15, 0.2) is 0 Å². The lowest BCUT2D eigenvalue weighted by atomic mass is 10.2. The van der Waals surface area contributed by atoms with E-state index in [2.05, 4.69) is 10.1 Å². The van der Waals surface area contributed by atoms with E-state index >= 15 is 0 Å². The summed E-state index contributed by atoms with van der Waals surface area (Å²) >= 11 is 0. The largest absolute Gasteiger partial charge is 0.573 e. The van der Waals surface area contributed by atoms with E-state index in [-0.39, 0.29) is 55.8 Å². The van der Waals surface area contributed by atoms with Gasteiger partial charge in [0.25, 0.3) is 0 Å². The Balaban J connectivity index is 1.75. The number of nitrogens with zero attached hydrogens (tertiary/aromatic N) is 1. The highest BCUT2D eigenvalue weighted by molar-refractivity contribution is 6.02. The number of benzene rings is 1. The van der Waals surface area contributed by atoms with Crippen LogP contribution in [0.2, 0.25) is 0 Å². The number of ether oxygens (including phenoxy) is 1. The van der Waals surface area contributed by atoms with Crippen molar-refractivity contribution in [2.75, 3.05) is 6.54 Å². The van der Waals surface area contributed by atoms with Gasteiger partial charge >= 0.3 is 6.36 Å². The van der Waals surface area contributed by atoms with E-state index in [9.17, 15) is 27.6 Å². The minimum absolute atomic E-state index is 0.0211. The van der Waals surface area contributed by atoms with E-state index in [4.69, 9.17) is 0 Å². The highest BCUT2D eigenvalue weighted by Gasteiger charge is 2.31. The van der Waals surface area contributed by atoms with Crippen molar-refractivity contribution in [2.24, 2.45) is 0 Å². The van der Waals surface area contributed by atoms with E-state index in [1.165, 1.54) is 12.1 Å². The van der Waals surface area contributed by atoms with Crippen molar-refractivity contribution in [3.05, 3.63) is 29.8 Å². The third kappa shape index (κ3) is 5.25. The summed E-state index contributed by atoms with van der Waals surface area (Å²) in [6, 6.07) is 5.09. The molecule has 2 rings (SSSR count). The average molecular weight is 344 g/mol. The predicted octanol–water partition coefficient (Wildman–Crippen LogP) is 1.74. The van der Waals surface area contributed by atoms with Gasteiger partial charge < -0.3 is 10.1 Å². The van der Waals surface area contributed by atoms with Gasteiger partial charge in [-0.2, -0.15) is 0 Å². The maximum Gasteiger partial charge on any atom is 0.573 e. The maximum absolute atomic E-state index is 12.0. The molecular weight excluding hydrogens is 329 g/mol. The summed E-state index contributed by atoms with van der Waals surface area (Å²) in [5, 5.41) is 2.57. The summed E-state index contributed by atoms with van der Waals surface area (Å²) in [5.41, 5.74) is 0.589. The van der Waals surface area contributed by atoms with Crippen molar-refractivity contribution in [1.29, 1.82) is 0 Å². The van der Waals surface area contributed by atoms with Crippen molar-refractivity contribution in [3.63, 3.8) is 0 Å². The SMILES string of the molecule is O=C(CCN1C(=O)CCC1=O)NCc1ccc(OC(F)(F)F)cc1. The number of nitrogens with one attached hydrogen (secondary N) is 1. The van der Waals surface area contributed by atoms with Gasteiger partial charge in [-0.25, -0.2) is 0 Å².